The summed E-state index contributed by atoms with van der Waals surface area (Å²) < 4.78 is 0. The number of carbonyl (C=O) groups excluding carboxylic acids is 2. The monoisotopic (exact) mass is 428 g/mol. The first kappa shape index (κ1) is 21.7. The Hall–Kier alpha value is -3.54. The molecule has 0 spiro atoms. The van der Waals surface area contributed by atoms with Gasteiger partial charge in [0.05, 0.1) is 5.41 Å². The highest BCUT2D eigenvalue weighted by molar-refractivity contribution is 5.92. The average Bonchev–Trinajstić information content (AvgIpc) is 2.86. The molecule has 1 N–H and O–H groups in total. The van der Waals surface area contributed by atoms with Gasteiger partial charge in [0.1, 0.15) is 5.69 Å². The second kappa shape index (κ2) is 9.73. The van der Waals surface area contributed by atoms with Crippen LogP contribution in [0.25, 0.3) is 11.1 Å². The maximum Gasteiger partial charge on any atom is 0.272 e. The van der Waals surface area contributed by atoms with Crippen molar-refractivity contribution in [3.8, 4) is 11.1 Å². The van der Waals surface area contributed by atoms with E-state index in [1.807, 2.05) is 30.0 Å². The van der Waals surface area contributed by atoms with Crippen molar-refractivity contribution in [3.63, 3.8) is 0 Å². The smallest absolute Gasteiger partial charge is 0.272 e. The molecule has 3 heterocycles. The molecule has 6 heteroatoms. The number of piperidine rings is 1. The Morgan fingerprint density at radius 2 is 1.62 bits per heavy atom. The molecule has 164 valence electrons. The van der Waals surface area contributed by atoms with Crippen LogP contribution in [0.15, 0.2) is 73.2 Å². The number of hydrogen-bond donors (Lipinski definition) is 1. The third-order valence-electron chi connectivity index (χ3n) is 6.22. The lowest BCUT2D eigenvalue weighted by Crippen LogP contribution is -2.51. The van der Waals surface area contributed by atoms with E-state index in [9.17, 15) is 9.59 Å². The molecule has 1 fully saturated rings. The summed E-state index contributed by atoms with van der Waals surface area (Å²) >= 11 is 0. The lowest BCUT2D eigenvalue weighted by Gasteiger charge is -2.40. The summed E-state index contributed by atoms with van der Waals surface area (Å²) in [6.07, 6.45) is 7.11. The Bertz CT molecular complexity index is 1040. The Labute approximate surface area is 188 Å². The number of rotatable bonds is 6. The van der Waals surface area contributed by atoms with Crippen molar-refractivity contribution in [1.82, 2.24) is 20.2 Å². The van der Waals surface area contributed by atoms with Crippen LogP contribution in [0.5, 0.6) is 0 Å². The van der Waals surface area contributed by atoms with Gasteiger partial charge < -0.3 is 10.2 Å². The fraction of sp³-hybridized carbons (Fsp3) is 0.308. The number of hydrogen-bond acceptors (Lipinski definition) is 4. The van der Waals surface area contributed by atoms with Crippen molar-refractivity contribution in [2.24, 2.45) is 5.41 Å². The second-order valence-corrected chi connectivity index (χ2v) is 8.26. The number of aromatic nitrogens is 2. The highest BCUT2D eigenvalue weighted by Gasteiger charge is 2.42. The van der Waals surface area contributed by atoms with Crippen LogP contribution in [0.3, 0.4) is 0 Å². The number of benzene rings is 1. The summed E-state index contributed by atoms with van der Waals surface area (Å²) in [5.74, 6) is -0.0000473. The van der Waals surface area contributed by atoms with Gasteiger partial charge in [0.25, 0.3) is 5.91 Å². The molecule has 0 atom stereocenters. The number of amides is 2. The van der Waals surface area contributed by atoms with E-state index in [0.717, 1.165) is 16.7 Å². The summed E-state index contributed by atoms with van der Waals surface area (Å²) in [6.45, 7) is 3.62. The third kappa shape index (κ3) is 4.69. The maximum absolute atomic E-state index is 13.1. The molecule has 0 aliphatic carbocycles. The predicted molar refractivity (Wildman–Crippen MR) is 124 cm³/mol. The first-order valence-corrected chi connectivity index (χ1v) is 11.1. The minimum absolute atomic E-state index is 0.0724. The minimum Gasteiger partial charge on any atom is -0.356 e. The first-order valence-electron chi connectivity index (χ1n) is 11.1. The van der Waals surface area contributed by atoms with Crippen molar-refractivity contribution >= 4 is 11.8 Å². The molecule has 0 saturated carbocycles. The van der Waals surface area contributed by atoms with Crippen LogP contribution in [-0.2, 0) is 11.2 Å². The summed E-state index contributed by atoms with van der Waals surface area (Å²) in [5, 5.41) is 3.03. The highest BCUT2D eigenvalue weighted by atomic mass is 16.2. The van der Waals surface area contributed by atoms with E-state index in [4.69, 9.17) is 0 Å². The van der Waals surface area contributed by atoms with E-state index in [1.165, 1.54) is 0 Å². The first-order chi connectivity index (χ1) is 15.6. The molecule has 2 aromatic heterocycles. The Morgan fingerprint density at radius 1 is 0.938 bits per heavy atom. The Morgan fingerprint density at radius 3 is 2.25 bits per heavy atom. The SMILES string of the molecule is CCNC(=O)C1(Cc2ccc(-c3ccncc3)cc2)CCN(C(=O)c2ccccn2)CC1. The quantitative estimate of drug-likeness (QED) is 0.649. The Kier molecular flexibility index (Phi) is 6.59. The number of carbonyl (C=O) groups is 2. The largest absolute Gasteiger partial charge is 0.356 e. The maximum atomic E-state index is 13.1. The number of likely N-dealkylation sites (tertiary alicyclic amines) is 1. The molecule has 1 saturated heterocycles. The molecule has 4 rings (SSSR count). The molecule has 1 aliphatic heterocycles. The summed E-state index contributed by atoms with van der Waals surface area (Å²) in [5.41, 5.74) is 3.29. The van der Waals surface area contributed by atoms with E-state index < -0.39 is 5.41 Å². The molecular weight excluding hydrogens is 400 g/mol. The summed E-state index contributed by atoms with van der Waals surface area (Å²) in [4.78, 5) is 36.0. The normalized spacial score (nSPS) is 15.2. The van der Waals surface area contributed by atoms with Crippen molar-refractivity contribution in [3.05, 3.63) is 84.4 Å². The average molecular weight is 429 g/mol. The fourth-order valence-corrected chi connectivity index (χ4v) is 4.37. The third-order valence-corrected chi connectivity index (χ3v) is 6.22. The molecule has 32 heavy (non-hydrogen) atoms. The van der Waals surface area contributed by atoms with Crippen molar-refractivity contribution < 1.29 is 9.59 Å². The predicted octanol–water partition coefficient (Wildman–Crippen LogP) is 3.74. The second-order valence-electron chi connectivity index (χ2n) is 8.26. The fourth-order valence-electron chi connectivity index (χ4n) is 4.37. The van der Waals surface area contributed by atoms with Gasteiger partial charge in [0.15, 0.2) is 0 Å². The van der Waals surface area contributed by atoms with E-state index in [-0.39, 0.29) is 11.8 Å². The van der Waals surface area contributed by atoms with Crippen molar-refractivity contribution in [1.29, 1.82) is 0 Å². The standard InChI is InChI=1S/C26H28N4O2/c1-2-28-25(32)26(12-17-30(18-13-26)24(31)23-5-3-4-14-29-23)19-20-6-8-21(9-7-20)22-10-15-27-16-11-22/h3-11,14-16H,2,12-13,17-19H2,1H3,(H,28,32). The van der Waals surface area contributed by atoms with Crippen LogP contribution in [0.1, 0.15) is 35.8 Å². The molecule has 1 aromatic carbocycles. The van der Waals surface area contributed by atoms with Crippen LogP contribution in [-0.4, -0.2) is 46.3 Å². The Balaban J connectivity index is 1.49. The van der Waals surface area contributed by atoms with Gasteiger partial charge in [0, 0.05) is 38.2 Å². The van der Waals surface area contributed by atoms with Gasteiger partial charge in [-0.05, 0) is 67.1 Å². The molecule has 1 aliphatic rings. The van der Waals surface area contributed by atoms with Gasteiger partial charge in [-0.1, -0.05) is 30.3 Å². The lowest BCUT2D eigenvalue weighted by molar-refractivity contribution is -0.133. The van der Waals surface area contributed by atoms with Crippen LogP contribution in [0.2, 0.25) is 0 Å². The van der Waals surface area contributed by atoms with Crippen LogP contribution >= 0.6 is 0 Å². The van der Waals surface area contributed by atoms with E-state index in [1.54, 1.807) is 30.7 Å². The van der Waals surface area contributed by atoms with Gasteiger partial charge in [-0.25, -0.2) is 0 Å². The van der Waals surface area contributed by atoms with Crippen LogP contribution in [0.4, 0.5) is 0 Å². The van der Waals surface area contributed by atoms with E-state index in [2.05, 4.69) is 39.6 Å². The highest BCUT2D eigenvalue weighted by Crippen LogP contribution is 2.36. The zero-order valence-electron chi connectivity index (χ0n) is 18.3. The molecule has 0 bridgehead atoms. The molecule has 2 amide bonds. The minimum atomic E-state index is -0.519. The van der Waals surface area contributed by atoms with Gasteiger partial charge >= 0.3 is 0 Å². The zero-order valence-corrected chi connectivity index (χ0v) is 18.3. The number of pyridine rings is 2. The number of nitrogens with zero attached hydrogens (tertiary/aromatic N) is 3. The molecule has 0 unspecified atom stereocenters. The van der Waals surface area contributed by atoms with Crippen molar-refractivity contribution in [2.75, 3.05) is 19.6 Å². The number of nitrogens with one attached hydrogen (secondary N) is 1. The molecular formula is C26H28N4O2. The van der Waals surface area contributed by atoms with Gasteiger partial charge in [-0.3, -0.25) is 19.6 Å². The van der Waals surface area contributed by atoms with E-state index >= 15 is 0 Å². The van der Waals surface area contributed by atoms with Crippen LogP contribution < -0.4 is 5.32 Å². The summed E-state index contributed by atoms with van der Waals surface area (Å²) in [7, 11) is 0. The van der Waals surface area contributed by atoms with Gasteiger partial charge in [-0.2, -0.15) is 0 Å². The topological polar surface area (TPSA) is 75.2 Å². The zero-order chi connectivity index (χ0) is 22.4. The van der Waals surface area contributed by atoms with Gasteiger partial charge in [-0.15, -0.1) is 0 Å². The molecule has 3 aromatic rings. The van der Waals surface area contributed by atoms with Crippen LogP contribution in [0, 0.1) is 5.41 Å². The lowest BCUT2D eigenvalue weighted by atomic mass is 9.72. The van der Waals surface area contributed by atoms with Crippen molar-refractivity contribution in [2.45, 2.75) is 26.2 Å². The molecule has 6 nitrogen and oxygen atoms in total. The van der Waals surface area contributed by atoms with E-state index in [0.29, 0.717) is 44.6 Å². The van der Waals surface area contributed by atoms with Gasteiger partial charge in [0.2, 0.25) is 5.91 Å². The summed E-state index contributed by atoms with van der Waals surface area (Å²) in [6, 6.07) is 17.7. The molecule has 0 radical (unpaired) electrons.